The molecule has 1 aromatic rings. The first-order valence-electron chi connectivity index (χ1n) is 3.57. The molecule has 12 heavy (non-hydrogen) atoms. The van der Waals surface area contributed by atoms with Crippen molar-refractivity contribution in [2.45, 2.75) is 13.5 Å². The molecule has 0 aliphatic rings. The molecule has 0 aliphatic carbocycles. The maximum atomic E-state index is 10.5. The minimum atomic E-state index is -0.241. The molecule has 0 fully saturated rings. The van der Waals surface area contributed by atoms with Gasteiger partial charge in [-0.25, -0.2) is 0 Å². The van der Waals surface area contributed by atoms with Crippen LogP contribution >= 0.6 is 22.6 Å². The lowest BCUT2D eigenvalue weighted by atomic mass is 10.2. The van der Waals surface area contributed by atoms with Crippen molar-refractivity contribution in [2.75, 3.05) is 0 Å². The number of carbonyl (C=O) groups excluding carboxylic acids is 1. The SMILES string of the molecule is CC(=O)OCc1ccccc1I. The first kappa shape index (κ1) is 9.51. The zero-order chi connectivity index (χ0) is 8.97. The molecule has 0 heterocycles. The van der Waals surface area contributed by atoms with Gasteiger partial charge in [0.05, 0.1) is 0 Å². The molecule has 64 valence electrons. The highest BCUT2D eigenvalue weighted by Crippen LogP contribution is 2.12. The summed E-state index contributed by atoms with van der Waals surface area (Å²) < 4.78 is 5.99. The van der Waals surface area contributed by atoms with Crippen molar-refractivity contribution in [2.24, 2.45) is 0 Å². The van der Waals surface area contributed by atoms with Crippen molar-refractivity contribution in [1.29, 1.82) is 0 Å². The first-order chi connectivity index (χ1) is 5.70. The lowest BCUT2D eigenvalue weighted by molar-refractivity contribution is -0.142. The van der Waals surface area contributed by atoms with E-state index >= 15 is 0 Å². The van der Waals surface area contributed by atoms with Gasteiger partial charge in [-0.05, 0) is 28.7 Å². The van der Waals surface area contributed by atoms with Crippen molar-refractivity contribution in [1.82, 2.24) is 0 Å². The largest absolute Gasteiger partial charge is 0.461 e. The van der Waals surface area contributed by atoms with Gasteiger partial charge >= 0.3 is 5.97 Å². The van der Waals surface area contributed by atoms with Gasteiger partial charge in [0.25, 0.3) is 0 Å². The van der Waals surface area contributed by atoms with Gasteiger partial charge in [0.1, 0.15) is 6.61 Å². The summed E-state index contributed by atoms with van der Waals surface area (Å²) in [5.41, 5.74) is 1.05. The van der Waals surface area contributed by atoms with Crippen molar-refractivity contribution >= 4 is 28.6 Å². The van der Waals surface area contributed by atoms with Crippen LogP contribution in [0.2, 0.25) is 0 Å². The van der Waals surface area contributed by atoms with Gasteiger partial charge in [0.2, 0.25) is 0 Å². The van der Waals surface area contributed by atoms with E-state index in [-0.39, 0.29) is 5.97 Å². The van der Waals surface area contributed by atoms with Crippen LogP contribution in [0.4, 0.5) is 0 Å². The molecule has 0 aromatic heterocycles. The number of halogens is 1. The molecule has 1 rings (SSSR count). The van der Waals surface area contributed by atoms with Gasteiger partial charge in [-0.15, -0.1) is 0 Å². The average Bonchev–Trinajstić information content (AvgIpc) is 2.03. The summed E-state index contributed by atoms with van der Waals surface area (Å²) in [5, 5.41) is 0. The number of ether oxygens (including phenoxy) is 1. The summed E-state index contributed by atoms with van der Waals surface area (Å²) >= 11 is 2.22. The highest BCUT2D eigenvalue weighted by atomic mass is 127. The molecule has 0 spiro atoms. The van der Waals surface area contributed by atoms with Crippen LogP contribution in [0.5, 0.6) is 0 Å². The Morgan fingerprint density at radius 1 is 1.50 bits per heavy atom. The maximum Gasteiger partial charge on any atom is 0.302 e. The van der Waals surface area contributed by atoms with Crippen molar-refractivity contribution in [3.63, 3.8) is 0 Å². The van der Waals surface area contributed by atoms with E-state index in [1.807, 2.05) is 24.3 Å². The number of hydrogen-bond donors (Lipinski definition) is 0. The fourth-order valence-corrected chi connectivity index (χ4v) is 1.34. The Hall–Kier alpha value is -0.580. The van der Waals surface area contributed by atoms with Crippen LogP contribution in [-0.4, -0.2) is 5.97 Å². The minimum Gasteiger partial charge on any atom is -0.461 e. The Morgan fingerprint density at radius 2 is 2.17 bits per heavy atom. The van der Waals surface area contributed by atoms with E-state index in [0.29, 0.717) is 6.61 Å². The molecule has 0 saturated heterocycles. The summed E-state index contributed by atoms with van der Waals surface area (Å²) in [6.45, 7) is 1.78. The zero-order valence-electron chi connectivity index (χ0n) is 6.71. The van der Waals surface area contributed by atoms with E-state index in [2.05, 4.69) is 22.6 Å². The third-order valence-electron chi connectivity index (χ3n) is 1.39. The van der Waals surface area contributed by atoms with Gasteiger partial charge in [-0.1, -0.05) is 18.2 Å². The highest BCUT2D eigenvalue weighted by Gasteiger charge is 1.99. The van der Waals surface area contributed by atoms with Crippen LogP contribution in [0.15, 0.2) is 24.3 Å². The number of carbonyl (C=O) groups is 1. The lowest BCUT2D eigenvalue weighted by Crippen LogP contribution is -1.99. The summed E-state index contributed by atoms with van der Waals surface area (Å²) in [7, 11) is 0. The van der Waals surface area contributed by atoms with Gasteiger partial charge in [0.15, 0.2) is 0 Å². The van der Waals surface area contributed by atoms with E-state index in [1.165, 1.54) is 6.92 Å². The minimum absolute atomic E-state index is 0.241. The third kappa shape index (κ3) is 2.81. The Bertz CT molecular complexity index is 284. The van der Waals surface area contributed by atoms with Gasteiger partial charge in [-0.3, -0.25) is 4.79 Å². The van der Waals surface area contributed by atoms with Gasteiger partial charge < -0.3 is 4.74 Å². The second-order valence-corrected chi connectivity index (χ2v) is 3.53. The van der Waals surface area contributed by atoms with Crippen molar-refractivity contribution < 1.29 is 9.53 Å². The van der Waals surface area contributed by atoms with E-state index in [9.17, 15) is 4.79 Å². The molecular weight excluding hydrogens is 267 g/mol. The quantitative estimate of drug-likeness (QED) is 0.612. The molecule has 0 N–H and O–H groups in total. The molecule has 0 radical (unpaired) electrons. The molecule has 0 unspecified atom stereocenters. The zero-order valence-corrected chi connectivity index (χ0v) is 8.87. The Kier molecular flexibility index (Phi) is 3.52. The van der Waals surface area contributed by atoms with Crippen molar-refractivity contribution in [3.05, 3.63) is 33.4 Å². The standard InChI is InChI=1S/C9H9IO2/c1-7(11)12-6-8-4-2-3-5-9(8)10/h2-5H,6H2,1H3. The normalized spacial score (nSPS) is 9.50. The number of benzene rings is 1. The van der Waals surface area contributed by atoms with Crippen LogP contribution in [0, 0.1) is 3.57 Å². The van der Waals surface area contributed by atoms with Crippen LogP contribution < -0.4 is 0 Å². The maximum absolute atomic E-state index is 10.5. The fourth-order valence-electron chi connectivity index (χ4n) is 0.795. The molecular formula is C9H9IO2. The van der Waals surface area contributed by atoms with E-state index < -0.39 is 0 Å². The van der Waals surface area contributed by atoms with Crippen LogP contribution in [-0.2, 0) is 16.1 Å². The number of rotatable bonds is 2. The summed E-state index contributed by atoms with van der Waals surface area (Å²) in [5.74, 6) is -0.241. The fraction of sp³-hybridized carbons (Fsp3) is 0.222. The smallest absolute Gasteiger partial charge is 0.302 e. The molecule has 0 atom stereocenters. The second kappa shape index (κ2) is 4.45. The van der Waals surface area contributed by atoms with Crippen LogP contribution in [0.3, 0.4) is 0 Å². The molecule has 0 amide bonds. The molecule has 2 nitrogen and oxygen atoms in total. The molecule has 0 aliphatic heterocycles. The topological polar surface area (TPSA) is 26.3 Å². The summed E-state index contributed by atoms with van der Waals surface area (Å²) in [6, 6.07) is 7.82. The van der Waals surface area contributed by atoms with Gasteiger partial charge in [0, 0.05) is 16.1 Å². The monoisotopic (exact) mass is 276 g/mol. The number of esters is 1. The van der Waals surface area contributed by atoms with Crippen LogP contribution in [0.25, 0.3) is 0 Å². The highest BCUT2D eigenvalue weighted by molar-refractivity contribution is 14.1. The van der Waals surface area contributed by atoms with Crippen LogP contribution in [0.1, 0.15) is 12.5 Å². The van der Waals surface area contributed by atoms with Gasteiger partial charge in [-0.2, -0.15) is 0 Å². The summed E-state index contributed by atoms with van der Waals surface area (Å²) in [4.78, 5) is 10.5. The predicted octanol–water partition coefficient (Wildman–Crippen LogP) is 2.35. The Morgan fingerprint density at radius 3 is 2.75 bits per heavy atom. The first-order valence-corrected chi connectivity index (χ1v) is 4.65. The Balaban J connectivity index is 2.63. The van der Waals surface area contributed by atoms with E-state index in [4.69, 9.17) is 4.74 Å². The third-order valence-corrected chi connectivity index (χ3v) is 2.44. The van der Waals surface area contributed by atoms with E-state index in [0.717, 1.165) is 9.13 Å². The number of hydrogen-bond acceptors (Lipinski definition) is 2. The van der Waals surface area contributed by atoms with E-state index in [1.54, 1.807) is 0 Å². The predicted molar refractivity (Wildman–Crippen MR) is 54.6 cm³/mol. The molecule has 1 aromatic carbocycles. The molecule has 3 heteroatoms. The Labute approximate surface area is 85.1 Å². The molecule has 0 bridgehead atoms. The average molecular weight is 276 g/mol. The summed E-state index contributed by atoms with van der Waals surface area (Å²) in [6.07, 6.45) is 0. The lowest BCUT2D eigenvalue weighted by Gasteiger charge is -2.03. The second-order valence-electron chi connectivity index (χ2n) is 2.37. The molecule has 0 saturated carbocycles. The van der Waals surface area contributed by atoms with Crippen molar-refractivity contribution in [3.8, 4) is 0 Å².